The average Bonchev–Trinajstić information content (AvgIpc) is 2.91. The second-order valence-corrected chi connectivity index (χ2v) is 6.59. The Hall–Kier alpha value is -2.87. The third kappa shape index (κ3) is 3.08. The van der Waals surface area contributed by atoms with Crippen molar-refractivity contribution in [2.45, 2.75) is 13.8 Å². The molecule has 0 aliphatic heterocycles. The Labute approximate surface area is 145 Å². The van der Waals surface area contributed by atoms with Gasteiger partial charge in [0, 0.05) is 25.6 Å². The van der Waals surface area contributed by atoms with Crippen molar-refractivity contribution in [2.24, 2.45) is 7.05 Å². The molecule has 3 rings (SSSR count). The standard InChI is InChI=1S/C17H14FN3O3S/c1-8-15(9(2)22)25-17(19-8)20-16(24)12-7-21(3)13-5-4-10(18)6-11(13)14(12)23/h4-7H,1-3H3,(H,19,20,24). The lowest BCUT2D eigenvalue weighted by molar-refractivity contribution is 0.101. The van der Waals surface area contributed by atoms with Gasteiger partial charge in [-0.1, -0.05) is 11.3 Å². The Morgan fingerprint density at radius 3 is 2.68 bits per heavy atom. The number of thiazole rings is 1. The van der Waals surface area contributed by atoms with E-state index in [4.69, 9.17) is 0 Å². The highest BCUT2D eigenvalue weighted by Crippen LogP contribution is 2.23. The van der Waals surface area contributed by atoms with Crippen LogP contribution in [0.5, 0.6) is 0 Å². The lowest BCUT2D eigenvalue weighted by Gasteiger charge is -2.08. The number of amides is 1. The summed E-state index contributed by atoms with van der Waals surface area (Å²) in [6.45, 7) is 3.08. The Morgan fingerprint density at radius 1 is 1.32 bits per heavy atom. The molecule has 0 bridgehead atoms. The van der Waals surface area contributed by atoms with Crippen LogP contribution in [-0.4, -0.2) is 21.2 Å². The summed E-state index contributed by atoms with van der Waals surface area (Å²) < 4.78 is 15.0. The summed E-state index contributed by atoms with van der Waals surface area (Å²) in [6.07, 6.45) is 1.39. The number of carbonyl (C=O) groups excluding carboxylic acids is 2. The van der Waals surface area contributed by atoms with Crippen LogP contribution in [0.3, 0.4) is 0 Å². The number of anilines is 1. The third-order valence-corrected chi connectivity index (χ3v) is 4.91. The van der Waals surface area contributed by atoms with E-state index >= 15 is 0 Å². The van der Waals surface area contributed by atoms with E-state index in [1.807, 2.05) is 0 Å². The van der Waals surface area contributed by atoms with Gasteiger partial charge in [0.2, 0.25) is 5.43 Å². The van der Waals surface area contributed by atoms with E-state index in [1.54, 1.807) is 18.5 Å². The molecule has 0 aliphatic rings. The molecular formula is C17H14FN3O3S. The molecule has 2 heterocycles. The van der Waals surface area contributed by atoms with Gasteiger partial charge in [0.1, 0.15) is 11.4 Å². The lowest BCUT2D eigenvalue weighted by Crippen LogP contribution is -2.23. The van der Waals surface area contributed by atoms with Crippen molar-refractivity contribution in [2.75, 3.05) is 5.32 Å². The largest absolute Gasteiger partial charge is 0.350 e. The van der Waals surface area contributed by atoms with Gasteiger partial charge in [0.05, 0.1) is 16.1 Å². The van der Waals surface area contributed by atoms with Gasteiger partial charge in [-0.25, -0.2) is 9.37 Å². The van der Waals surface area contributed by atoms with E-state index in [0.29, 0.717) is 16.1 Å². The summed E-state index contributed by atoms with van der Waals surface area (Å²) in [7, 11) is 1.66. The first-order valence-electron chi connectivity index (χ1n) is 7.36. The molecule has 1 N–H and O–H groups in total. The van der Waals surface area contributed by atoms with Crippen LogP contribution in [0.2, 0.25) is 0 Å². The topological polar surface area (TPSA) is 81.1 Å². The fourth-order valence-electron chi connectivity index (χ4n) is 2.57. The highest BCUT2D eigenvalue weighted by atomic mass is 32.1. The molecule has 0 saturated heterocycles. The average molecular weight is 359 g/mol. The summed E-state index contributed by atoms with van der Waals surface area (Å²) in [5.41, 5.74) is 0.344. The predicted molar refractivity (Wildman–Crippen MR) is 94.0 cm³/mol. The molecule has 6 nitrogen and oxygen atoms in total. The molecule has 0 fully saturated rings. The van der Waals surface area contributed by atoms with E-state index in [0.717, 1.165) is 17.4 Å². The quantitative estimate of drug-likeness (QED) is 0.729. The summed E-state index contributed by atoms with van der Waals surface area (Å²) in [6, 6.07) is 3.84. The van der Waals surface area contributed by atoms with E-state index in [1.165, 1.54) is 25.3 Å². The van der Waals surface area contributed by atoms with Crippen LogP contribution in [-0.2, 0) is 7.05 Å². The molecule has 8 heteroatoms. The maximum atomic E-state index is 13.5. The number of hydrogen-bond acceptors (Lipinski definition) is 5. The molecule has 0 spiro atoms. The van der Waals surface area contributed by atoms with Crippen molar-refractivity contribution in [1.82, 2.24) is 9.55 Å². The number of pyridine rings is 1. The molecule has 0 saturated carbocycles. The number of nitrogens with zero attached hydrogens (tertiary/aromatic N) is 2. The summed E-state index contributed by atoms with van der Waals surface area (Å²) in [5.74, 6) is -1.35. The van der Waals surface area contributed by atoms with Crippen molar-refractivity contribution in [3.8, 4) is 0 Å². The normalized spacial score (nSPS) is 10.9. The van der Waals surface area contributed by atoms with Crippen molar-refractivity contribution < 1.29 is 14.0 Å². The second kappa shape index (κ2) is 6.21. The second-order valence-electron chi connectivity index (χ2n) is 5.59. The number of aryl methyl sites for hydroxylation is 2. The molecule has 0 atom stereocenters. The zero-order chi connectivity index (χ0) is 18.3. The minimum absolute atomic E-state index is 0.120. The molecule has 1 amide bonds. The number of benzene rings is 1. The minimum atomic E-state index is -0.657. The van der Waals surface area contributed by atoms with Crippen LogP contribution in [0, 0.1) is 12.7 Å². The van der Waals surface area contributed by atoms with Crippen LogP contribution in [0.15, 0.2) is 29.2 Å². The van der Waals surface area contributed by atoms with Gasteiger partial charge in [0.25, 0.3) is 5.91 Å². The minimum Gasteiger partial charge on any atom is -0.350 e. The molecule has 1 aromatic carbocycles. The summed E-state index contributed by atoms with van der Waals surface area (Å²) >= 11 is 1.05. The number of halogens is 1. The number of fused-ring (bicyclic) bond motifs is 1. The van der Waals surface area contributed by atoms with Gasteiger partial charge in [-0.2, -0.15) is 0 Å². The smallest absolute Gasteiger partial charge is 0.262 e. The maximum absolute atomic E-state index is 13.5. The monoisotopic (exact) mass is 359 g/mol. The Morgan fingerprint density at radius 2 is 2.04 bits per heavy atom. The van der Waals surface area contributed by atoms with Crippen molar-refractivity contribution in [3.63, 3.8) is 0 Å². The van der Waals surface area contributed by atoms with Gasteiger partial charge in [-0.15, -0.1) is 0 Å². The number of rotatable bonds is 3. The van der Waals surface area contributed by atoms with Gasteiger partial charge < -0.3 is 4.57 Å². The fourth-order valence-corrected chi connectivity index (χ4v) is 3.42. The molecule has 2 aromatic heterocycles. The Bertz CT molecular complexity index is 1080. The van der Waals surface area contributed by atoms with Crippen LogP contribution in [0.4, 0.5) is 9.52 Å². The molecular weight excluding hydrogens is 345 g/mol. The summed E-state index contributed by atoms with van der Waals surface area (Å²) in [5, 5.41) is 2.88. The van der Waals surface area contributed by atoms with Gasteiger partial charge in [-0.05, 0) is 25.1 Å². The van der Waals surface area contributed by atoms with Gasteiger partial charge in [0.15, 0.2) is 10.9 Å². The zero-order valence-electron chi connectivity index (χ0n) is 13.7. The van der Waals surface area contributed by atoms with Crippen LogP contribution >= 0.6 is 11.3 Å². The molecule has 0 radical (unpaired) electrons. The first kappa shape index (κ1) is 17.0. The molecule has 0 unspecified atom stereocenters. The number of nitrogens with one attached hydrogen (secondary N) is 1. The van der Waals surface area contributed by atoms with Crippen molar-refractivity contribution in [1.29, 1.82) is 0 Å². The number of Topliss-reactive ketones (excluding diaryl/α,β-unsaturated/α-hetero) is 1. The first-order chi connectivity index (χ1) is 11.8. The van der Waals surface area contributed by atoms with Crippen LogP contribution in [0.1, 0.15) is 32.6 Å². The van der Waals surface area contributed by atoms with Crippen molar-refractivity contribution >= 4 is 39.1 Å². The lowest BCUT2D eigenvalue weighted by atomic mass is 10.1. The zero-order valence-corrected chi connectivity index (χ0v) is 14.5. The molecule has 3 aromatic rings. The summed E-state index contributed by atoms with van der Waals surface area (Å²) in [4.78, 5) is 41.1. The highest BCUT2D eigenvalue weighted by Gasteiger charge is 2.18. The fraction of sp³-hybridized carbons (Fsp3) is 0.176. The highest BCUT2D eigenvalue weighted by molar-refractivity contribution is 7.17. The maximum Gasteiger partial charge on any atom is 0.262 e. The number of aromatic nitrogens is 2. The van der Waals surface area contributed by atoms with E-state index in [2.05, 4.69) is 10.3 Å². The molecule has 25 heavy (non-hydrogen) atoms. The van der Waals surface area contributed by atoms with Crippen LogP contribution in [0.25, 0.3) is 10.9 Å². The van der Waals surface area contributed by atoms with E-state index in [-0.39, 0.29) is 21.9 Å². The third-order valence-electron chi connectivity index (χ3n) is 3.73. The molecule has 0 aliphatic carbocycles. The number of hydrogen-bond donors (Lipinski definition) is 1. The SMILES string of the molecule is CC(=O)c1sc(NC(=O)c2cn(C)c3ccc(F)cc3c2=O)nc1C. The molecule has 128 valence electrons. The van der Waals surface area contributed by atoms with Gasteiger partial charge >= 0.3 is 0 Å². The Kier molecular flexibility index (Phi) is 4.22. The van der Waals surface area contributed by atoms with Crippen LogP contribution < -0.4 is 10.7 Å². The van der Waals surface area contributed by atoms with Crippen molar-refractivity contribution in [3.05, 3.63) is 56.6 Å². The van der Waals surface area contributed by atoms with Gasteiger partial charge in [-0.3, -0.25) is 19.7 Å². The van der Waals surface area contributed by atoms with E-state index in [9.17, 15) is 18.8 Å². The number of carbonyl (C=O) groups is 2. The number of ketones is 1. The predicted octanol–water partition coefficient (Wildman–Crippen LogP) is 2.90. The Balaban J connectivity index is 2.03. The first-order valence-corrected chi connectivity index (χ1v) is 8.18. The van der Waals surface area contributed by atoms with E-state index < -0.39 is 17.2 Å².